The smallest absolute Gasteiger partial charge is 0.352 e. The molecule has 0 radical (unpaired) electrons. The van der Waals surface area contributed by atoms with Crippen molar-refractivity contribution in [1.82, 2.24) is 10.3 Å². The highest BCUT2D eigenvalue weighted by molar-refractivity contribution is 7.92. The lowest BCUT2D eigenvalue weighted by atomic mass is 10.1. The van der Waals surface area contributed by atoms with E-state index in [2.05, 4.69) is 10.3 Å². The zero-order valence-electron chi connectivity index (χ0n) is 11.9. The van der Waals surface area contributed by atoms with Gasteiger partial charge in [0.1, 0.15) is 5.69 Å². The predicted molar refractivity (Wildman–Crippen MR) is 76.4 cm³/mol. The van der Waals surface area contributed by atoms with Gasteiger partial charge in [-0.1, -0.05) is 0 Å². The summed E-state index contributed by atoms with van der Waals surface area (Å²) in [5.41, 5.74) is 1.05. The number of aromatic amines is 1. The first-order valence-electron chi connectivity index (χ1n) is 6.66. The molecular weight excluding hydrogens is 296 g/mol. The Bertz CT molecular complexity index is 690. The molecule has 2 rings (SSSR count). The van der Waals surface area contributed by atoms with Crippen molar-refractivity contribution in [2.24, 2.45) is 0 Å². The van der Waals surface area contributed by atoms with E-state index in [9.17, 15) is 18.0 Å². The number of H-pyrrole nitrogens is 1. The number of nitrogens with one attached hydrogen (secondary N) is 2. The highest BCUT2D eigenvalue weighted by atomic mass is 32.2. The van der Waals surface area contributed by atoms with Crippen LogP contribution in [0.1, 0.15) is 44.9 Å². The molecule has 1 saturated heterocycles. The largest absolute Gasteiger partial charge is 0.477 e. The topological polar surface area (TPSA) is 116 Å². The maximum atomic E-state index is 12.2. The van der Waals surface area contributed by atoms with Crippen LogP contribution in [0.2, 0.25) is 0 Å². The number of hydrogen-bond acceptors (Lipinski definition) is 4. The molecule has 1 aliphatic rings. The van der Waals surface area contributed by atoms with Gasteiger partial charge < -0.3 is 15.4 Å². The van der Waals surface area contributed by atoms with Crippen LogP contribution in [0.4, 0.5) is 0 Å². The van der Waals surface area contributed by atoms with Gasteiger partial charge in [0.25, 0.3) is 5.91 Å². The molecule has 2 heterocycles. The van der Waals surface area contributed by atoms with Crippen LogP contribution in [0, 0.1) is 13.8 Å². The van der Waals surface area contributed by atoms with E-state index in [0.29, 0.717) is 24.1 Å². The average Bonchev–Trinajstić information content (AvgIpc) is 2.86. The standard InChI is InChI=1S/C13H18N2O5S/c1-7-10(8(2)15-11(7)13(17)18)12(16)14-6-9-4-3-5-21(9,19)20/h9,15H,3-6H2,1-2H3,(H,14,16)(H,17,18). The van der Waals surface area contributed by atoms with Crippen LogP contribution in [0.5, 0.6) is 0 Å². The van der Waals surface area contributed by atoms with Gasteiger partial charge in [-0.3, -0.25) is 4.79 Å². The number of hydrogen-bond donors (Lipinski definition) is 3. The molecule has 1 aliphatic heterocycles. The summed E-state index contributed by atoms with van der Waals surface area (Å²) in [6.07, 6.45) is 1.17. The van der Waals surface area contributed by atoms with E-state index < -0.39 is 27.0 Å². The van der Waals surface area contributed by atoms with Crippen LogP contribution >= 0.6 is 0 Å². The SMILES string of the molecule is Cc1[nH]c(C(=O)O)c(C)c1C(=O)NCC1CCCS1(=O)=O. The van der Waals surface area contributed by atoms with E-state index >= 15 is 0 Å². The molecule has 1 amide bonds. The zero-order valence-corrected chi connectivity index (χ0v) is 12.7. The van der Waals surface area contributed by atoms with Gasteiger partial charge in [0.15, 0.2) is 9.84 Å². The van der Waals surface area contributed by atoms with Crippen molar-refractivity contribution in [2.75, 3.05) is 12.3 Å². The average molecular weight is 314 g/mol. The second-order valence-electron chi connectivity index (χ2n) is 5.27. The van der Waals surface area contributed by atoms with Gasteiger partial charge in [0.2, 0.25) is 0 Å². The third-order valence-electron chi connectivity index (χ3n) is 3.83. The van der Waals surface area contributed by atoms with Crippen LogP contribution in [-0.2, 0) is 9.84 Å². The molecule has 116 valence electrons. The van der Waals surface area contributed by atoms with E-state index in [1.165, 1.54) is 0 Å². The number of carboxylic acids is 1. The van der Waals surface area contributed by atoms with Crippen molar-refractivity contribution in [3.63, 3.8) is 0 Å². The number of aromatic carboxylic acids is 1. The van der Waals surface area contributed by atoms with E-state index in [0.717, 1.165) is 0 Å². The van der Waals surface area contributed by atoms with E-state index in [-0.39, 0.29) is 23.6 Å². The number of carbonyl (C=O) groups excluding carboxylic acids is 1. The molecule has 1 aromatic heterocycles. The quantitative estimate of drug-likeness (QED) is 0.754. The summed E-state index contributed by atoms with van der Waals surface area (Å²) in [5.74, 6) is -1.41. The number of amides is 1. The van der Waals surface area contributed by atoms with Crippen LogP contribution in [0.15, 0.2) is 0 Å². The Kier molecular flexibility index (Phi) is 4.08. The molecular formula is C13H18N2O5S. The summed E-state index contributed by atoms with van der Waals surface area (Å²) >= 11 is 0. The Balaban J connectivity index is 2.13. The van der Waals surface area contributed by atoms with Crippen molar-refractivity contribution in [3.8, 4) is 0 Å². The maximum absolute atomic E-state index is 12.2. The summed E-state index contributed by atoms with van der Waals surface area (Å²) in [6.45, 7) is 3.22. The second-order valence-corrected chi connectivity index (χ2v) is 7.67. The molecule has 3 N–H and O–H groups in total. The molecule has 0 bridgehead atoms. The summed E-state index contributed by atoms with van der Waals surface area (Å²) < 4.78 is 23.4. The van der Waals surface area contributed by atoms with Gasteiger partial charge in [-0.05, 0) is 32.3 Å². The number of rotatable bonds is 4. The molecule has 7 nitrogen and oxygen atoms in total. The van der Waals surface area contributed by atoms with E-state index in [1.807, 2.05) is 0 Å². The maximum Gasteiger partial charge on any atom is 0.352 e. The van der Waals surface area contributed by atoms with Crippen molar-refractivity contribution >= 4 is 21.7 Å². The molecule has 1 unspecified atom stereocenters. The van der Waals surface area contributed by atoms with Crippen molar-refractivity contribution in [2.45, 2.75) is 31.9 Å². The molecule has 21 heavy (non-hydrogen) atoms. The lowest BCUT2D eigenvalue weighted by Crippen LogP contribution is -2.35. The first-order valence-corrected chi connectivity index (χ1v) is 8.38. The van der Waals surface area contributed by atoms with Gasteiger partial charge >= 0.3 is 5.97 Å². The molecule has 1 aromatic rings. The highest BCUT2D eigenvalue weighted by Gasteiger charge is 2.32. The monoisotopic (exact) mass is 314 g/mol. The first kappa shape index (κ1) is 15.6. The summed E-state index contributed by atoms with van der Waals surface area (Å²) in [6, 6.07) is 0. The third kappa shape index (κ3) is 2.94. The molecule has 0 saturated carbocycles. The number of carboxylic acid groups (broad SMARTS) is 1. The van der Waals surface area contributed by atoms with Gasteiger partial charge in [-0.2, -0.15) is 0 Å². The van der Waals surface area contributed by atoms with Gasteiger partial charge in [0.05, 0.1) is 16.6 Å². The lowest BCUT2D eigenvalue weighted by molar-refractivity contribution is 0.0690. The van der Waals surface area contributed by atoms with Crippen molar-refractivity contribution in [3.05, 3.63) is 22.5 Å². The Morgan fingerprint density at radius 1 is 1.38 bits per heavy atom. The fraction of sp³-hybridized carbons (Fsp3) is 0.538. The number of aromatic nitrogens is 1. The molecule has 1 fully saturated rings. The Morgan fingerprint density at radius 2 is 2.05 bits per heavy atom. The Hall–Kier alpha value is -1.83. The Labute approximate surface area is 122 Å². The van der Waals surface area contributed by atoms with Crippen LogP contribution in [0.3, 0.4) is 0 Å². The molecule has 8 heteroatoms. The van der Waals surface area contributed by atoms with E-state index in [1.54, 1.807) is 13.8 Å². The second kappa shape index (κ2) is 5.51. The van der Waals surface area contributed by atoms with Crippen LogP contribution < -0.4 is 5.32 Å². The number of carbonyl (C=O) groups is 2. The van der Waals surface area contributed by atoms with Crippen molar-refractivity contribution in [1.29, 1.82) is 0 Å². The molecule has 0 aromatic carbocycles. The summed E-state index contributed by atoms with van der Waals surface area (Å²) in [7, 11) is -3.11. The van der Waals surface area contributed by atoms with Gasteiger partial charge in [-0.15, -0.1) is 0 Å². The third-order valence-corrected chi connectivity index (χ3v) is 6.11. The van der Waals surface area contributed by atoms with Crippen LogP contribution in [-0.4, -0.2) is 47.9 Å². The number of sulfone groups is 1. The molecule has 1 atom stereocenters. The minimum absolute atomic E-state index is 0.0221. The van der Waals surface area contributed by atoms with E-state index in [4.69, 9.17) is 5.11 Å². The zero-order chi connectivity index (χ0) is 15.8. The van der Waals surface area contributed by atoms with Gasteiger partial charge in [0, 0.05) is 12.2 Å². The van der Waals surface area contributed by atoms with Crippen LogP contribution in [0.25, 0.3) is 0 Å². The first-order chi connectivity index (χ1) is 9.74. The fourth-order valence-electron chi connectivity index (χ4n) is 2.69. The summed E-state index contributed by atoms with van der Waals surface area (Å²) in [5, 5.41) is 11.1. The van der Waals surface area contributed by atoms with Gasteiger partial charge in [-0.25, -0.2) is 13.2 Å². The number of aryl methyl sites for hydroxylation is 1. The van der Waals surface area contributed by atoms with Crippen molar-refractivity contribution < 1.29 is 23.1 Å². The molecule has 0 spiro atoms. The highest BCUT2D eigenvalue weighted by Crippen LogP contribution is 2.20. The summed E-state index contributed by atoms with van der Waals surface area (Å²) in [4.78, 5) is 25.8. The minimum Gasteiger partial charge on any atom is -0.477 e. The fourth-order valence-corrected chi connectivity index (χ4v) is 4.45. The predicted octanol–water partition coefficient (Wildman–Crippen LogP) is 0.637. The minimum atomic E-state index is -3.11. The normalized spacial score (nSPS) is 20.4. The molecule has 0 aliphatic carbocycles. The Morgan fingerprint density at radius 3 is 2.52 bits per heavy atom. The lowest BCUT2D eigenvalue weighted by Gasteiger charge is -2.11.